The molecular weight excluding hydrogens is 378 g/mol. The van der Waals surface area contributed by atoms with Crippen LogP contribution in [0.1, 0.15) is 40.0 Å². The third-order valence-electron chi connectivity index (χ3n) is 4.00. The van der Waals surface area contributed by atoms with Gasteiger partial charge in [-0.3, -0.25) is 19.7 Å². The molecule has 0 aliphatic carbocycles. The number of nitrogens with zero attached hydrogens (tertiary/aromatic N) is 1. The van der Waals surface area contributed by atoms with Gasteiger partial charge in [0.25, 0.3) is 0 Å². The lowest BCUT2D eigenvalue weighted by atomic mass is 10.0. The van der Waals surface area contributed by atoms with Gasteiger partial charge in [0.1, 0.15) is 18.8 Å². The zero-order chi connectivity index (χ0) is 21.2. The highest BCUT2D eigenvalue weighted by atomic mass is 16.7. The van der Waals surface area contributed by atoms with Gasteiger partial charge in [-0.15, -0.1) is 0 Å². The van der Waals surface area contributed by atoms with E-state index in [0.717, 1.165) is 0 Å². The number of hydrogen-bond donors (Lipinski definition) is 2. The van der Waals surface area contributed by atoms with E-state index in [9.17, 15) is 14.4 Å². The Labute approximate surface area is 169 Å². The summed E-state index contributed by atoms with van der Waals surface area (Å²) in [5.74, 6) is -0.301. The number of para-hydroxylation sites is 1. The Morgan fingerprint density at radius 3 is 2.59 bits per heavy atom. The molecule has 1 aliphatic rings. The Hall–Kier alpha value is -3.10. The largest absolute Gasteiger partial charge is 0.470 e. The van der Waals surface area contributed by atoms with Crippen LogP contribution in [0.3, 0.4) is 0 Å². The minimum Gasteiger partial charge on any atom is -0.470 e. The molecule has 0 spiro atoms. The number of oxime groups is 1. The molecule has 1 aromatic carbocycles. The van der Waals surface area contributed by atoms with Crippen molar-refractivity contribution in [3.8, 4) is 0 Å². The fraction of sp³-hybridized carbons (Fsp3) is 0.500. The number of amides is 2. The van der Waals surface area contributed by atoms with E-state index in [-0.39, 0.29) is 24.3 Å². The van der Waals surface area contributed by atoms with Crippen molar-refractivity contribution in [1.82, 2.24) is 5.32 Å². The Kier molecular flexibility index (Phi) is 8.45. The Morgan fingerprint density at radius 1 is 1.21 bits per heavy atom. The Bertz CT molecular complexity index is 735. The lowest BCUT2D eigenvalue weighted by Gasteiger charge is -2.30. The quantitative estimate of drug-likeness (QED) is 0.409. The zero-order valence-electron chi connectivity index (χ0n) is 16.8. The van der Waals surface area contributed by atoms with E-state index >= 15 is 0 Å². The number of anilines is 1. The highest BCUT2D eigenvalue weighted by molar-refractivity contribution is 5.89. The van der Waals surface area contributed by atoms with Crippen LogP contribution in [-0.4, -0.2) is 42.6 Å². The van der Waals surface area contributed by atoms with E-state index in [1.807, 2.05) is 19.9 Å². The molecule has 1 aromatic rings. The summed E-state index contributed by atoms with van der Waals surface area (Å²) < 4.78 is 10.7. The van der Waals surface area contributed by atoms with Gasteiger partial charge in [-0.25, -0.2) is 4.79 Å². The second-order valence-electron chi connectivity index (χ2n) is 7.14. The summed E-state index contributed by atoms with van der Waals surface area (Å²) in [5, 5.41) is 9.18. The van der Waals surface area contributed by atoms with Gasteiger partial charge < -0.3 is 14.8 Å². The third kappa shape index (κ3) is 8.20. The SMILES string of the molecule is CC(=O)OC[C@H]1CC[C@@H](NC(=O)CC(C)C)C(=NOC(=O)Nc2ccccc2)O1. The summed E-state index contributed by atoms with van der Waals surface area (Å²) in [7, 11) is 0. The molecule has 29 heavy (non-hydrogen) atoms. The molecule has 2 N–H and O–H groups in total. The highest BCUT2D eigenvalue weighted by Gasteiger charge is 2.31. The molecule has 0 bridgehead atoms. The number of carbonyl (C=O) groups is 3. The first-order chi connectivity index (χ1) is 13.8. The summed E-state index contributed by atoms with van der Waals surface area (Å²) >= 11 is 0. The van der Waals surface area contributed by atoms with Crippen LogP contribution in [0.2, 0.25) is 0 Å². The van der Waals surface area contributed by atoms with Crippen molar-refractivity contribution in [1.29, 1.82) is 0 Å². The molecule has 0 unspecified atom stereocenters. The number of hydrogen-bond acceptors (Lipinski definition) is 7. The fourth-order valence-corrected chi connectivity index (χ4v) is 2.71. The molecule has 9 heteroatoms. The van der Waals surface area contributed by atoms with E-state index in [0.29, 0.717) is 24.9 Å². The molecule has 9 nitrogen and oxygen atoms in total. The molecule has 0 radical (unpaired) electrons. The van der Waals surface area contributed by atoms with Gasteiger partial charge >= 0.3 is 12.1 Å². The first kappa shape index (κ1) is 22.2. The van der Waals surface area contributed by atoms with Crippen LogP contribution in [0.5, 0.6) is 0 Å². The van der Waals surface area contributed by atoms with Crippen LogP contribution >= 0.6 is 0 Å². The van der Waals surface area contributed by atoms with Crippen LogP contribution < -0.4 is 10.6 Å². The van der Waals surface area contributed by atoms with Gasteiger partial charge in [-0.05, 0) is 36.0 Å². The molecule has 1 fully saturated rings. The van der Waals surface area contributed by atoms with Crippen molar-refractivity contribution in [3.05, 3.63) is 30.3 Å². The molecule has 2 amide bonds. The smallest absolute Gasteiger partial charge is 0.437 e. The summed E-state index contributed by atoms with van der Waals surface area (Å²) in [6.07, 6.45) is 0.196. The maximum atomic E-state index is 12.1. The number of ether oxygens (including phenoxy) is 2. The first-order valence-corrected chi connectivity index (χ1v) is 9.53. The predicted molar refractivity (Wildman–Crippen MR) is 106 cm³/mol. The molecular formula is C20H27N3O6. The maximum absolute atomic E-state index is 12.1. The summed E-state index contributed by atoms with van der Waals surface area (Å²) in [5.41, 5.74) is 0.553. The summed E-state index contributed by atoms with van der Waals surface area (Å²) in [6.45, 7) is 5.25. The molecule has 0 saturated carbocycles. The van der Waals surface area contributed by atoms with Crippen LogP contribution in [-0.2, 0) is 23.9 Å². The normalized spacial score (nSPS) is 19.9. The van der Waals surface area contributed by atoms with Gasteiger partial charge in [-0.2, -0.15) is 0 Å². The van der Waals surface area contributed by atoms with Crippen molar-refractivity contribution in [2.24, 2.45) is 11.1 Å². The average molecular weight is 405 g/mol. The van der Waals surface area contributed by atoms with Crippen molar-refractivity contribution in [3.63, 3.8) is 0 Å². The molecule has 1 saturated heterocycles. The number of nitrogens with one attached hydrogen (secondary N) is 2. The van der Waals surface area contributed by atoms with Crippen LogP contribution in [0.25, 0.3) is 0 Å². The van der Waals surface area contributed by atoms with E-state index in [1.165, 1.54) is 6.92 Å². The fourth-order valence-electron chi connectivity index (χ4n) is 2.71. The van der Waals surface area contributed by atoms with Gasteiger partial charge in [0, 0.05) is 19.0 Å². The topological polar surface area (TPSA) is 115 Å². The lowest BCUT2D eigenvalue weighted by molar-refractivity contribution is -0.144. The van der Waals surface area contributed by atoms with Gasteiger partial charge in [0.2, 0.25) is 11.8 Å². The first-order valence-electron chi connectivity index (χ1n) is 9.53. The van der Waals surface area contributed by atoms with Gasteiger partial charge in [0.05, 0.1) is 0 Å². The third-order valence-corrected chi connectivity index (χ3v) is 4.00. The van der Waals surface area contributed by atoms with Gasteiger partial charge in [-0.1, -0.05) is 32.0 Å². The number of benzene rings is 1. The number of carbonyl (C=O) groups excluding carboxylic acids is 3. The van der Waals surface area contributed by atoms with Crippen molar-refractivity contribution < 1.29 is 28.7 Å². The van der Waals surface area contributed by atoms with Crippen LogP contribution in [0.4, 0.5) is 10.5 Å². The lowest BCUT2D eigenvalue weighted by Crippen LogP contribution is -2.48. The summed E-state index contributed by atoms with van der Waals surface area (Å²) in [6, 6.07) is 8.24. The van der Waals surface area contributed by atoms with E-state index in [2.05, 4.69) is 15.8 Å². The minimum atomic E-state index is -0.790. The molecule has 2 atom stereocenters. The van der Waals surface area contributed by atoms with Crippen LogP contribution in [0.15, 0.2) is 35.5 Å². The molecule has 158 valence electrons. The van der Waals surface area contributed by atoms with Crippen molar-refractivity contribution >= 4 is 29.6 Å². The molecule has 0 aromatic heterocycles. The summed E-state index contributed by atoms with van der Waals surface area (Å²) in [4.78, 5) is 40.0. The van der Waals surface area contributed by atoms with Crippen molar-refractivity contribution in [2.75, 3.05) is 11.9 Å². The number of rotatable bonds is 7. The minimum absolute atomic E-state index is 0.0528. The highest BCUT2D eigenvalue weighted by Crippen LogP contribution is 2.18. The Balaban J connectivity index is 2.01. The molecule has 1 heterocycles. The Morgan fingerprint density at radius 2 is 1.93 bits per heavy atom. The second kappa shape index (κ2) is 11.0. The standard InChI is InChI=1S/C20H27N3O6/c1-13(2)11-18(25)22-17-10-9-16(12-27-14(3)24)28-19(17)23-29-20(26)21-15-7-5-4-6-8-15/h4-8,13,16-17H,9-12H2,1-3H3,(H,21,26)(H,22,25)/t16-,17-/m1/s1. The van der Waals surface area contributed by atoms with E-state index < -0.39 is 24.2 Å². The maximum Gasteiger partial charge on any atom is 0.437 e. The van der Waals surface area contributed by atoms with Gasteiger partial charge in [0.15, 0.2) is 0 Å². The van der Waals surface area contributed by atoms with Crippen LogP contribution in [0, 0.1) is 5.92 Å². The predicted octanol–water partition coefficient (Wildman–Crippen LogP) is 2.82. The van der Waals surface area contributed by atoms with E-state index in [4.69, 9.17) is 14.3 Å². The van der Waals surface area contributed by atoms with E-state index in [1.54, 1.807) is 24.3 Å². The molecule has 1 aliphatic heterocycles. The van der Waals surface area contributed by atoms with Crippen molar-refractivity contribution in [2.45, 2.75) is 52.2 Å². The second-order valence-corrected chi connectivity index (χ2v) is 7.14. The number of esters is 1. The monoisotopic (exact) mass is 405 g/mol. The average Bonchev–Trinajstić information content (AvgIpc) is 2.66. The zero-order valence-corrected chi connectivity index (χ0v) is 16.8. The molecule has 2 rings (SSSR count).